The molecule has 0 atom stereocenters. The van der Waals surface area contributed by atoms with Crippen molar-refractivity contribution in [2.75, 3.05) is 0 Å². The molecule has 0 spiro atoms. The molecule has 0 saturated heterocycles. The quantitative estimate of drug-likeness (QED) is 0.400. The molecule has 0 radical (unpaired) electrons. The Morgan fingerprint density at radius 1 is 0.939 bits per heavy atom. The number of rotatable bonds is 4. The first-order valence-electron chi connectivity index (χ1n) is 10.0. The van der Waals surface area contributed by atoms with E-state index in [2.05, 4.69) is 15.1 Å². The minimum atomic E-state index is -4.42. The van der Waals surface area contributed by atoms with Gasteiger partial charge in [-0.05, 0) is 42.0 Å². The third-order valence-corrected chi connectivity index (χ3v) is 5.22. The Morgan fingerprint density at radius 2 is 1.73 bits per heavy atom. The van der Waals surface area contributed by atoms with Gasteiger partial charge >= 0.3 is 6.18 Å². The number of benzene rings is 1. The highest BCUT2D eigenvalue weighted by Gasteiger charge is 2.30. The summed E-state index contributed by atoms with van der Waals surface area (Å²) in [6, 6.07) is 15.2. The molecular formula is C24H16F3N5O. The fraction of sp³-hybridized carbons (Fsp3) is 0.0833. The van der Waals surface area contributed by atoms with E-state index in [-0.39, 0.29) is 5.56 Å². The van der Waals surface area contributed by atoms with Crippen LogP contribution in [0, 0.1) is 0 Å². The number of aromatic nitrogens is 5. The van der Waals surface area contributed by atoms with Crippen LogP contribution in [0.25, 0.3) is 28.0 Å². The summed E-state index contributed by atoms with van der Waals surface area (Å²) >= 11 is 0. The van der Waals surface area contributed by atoms with Crippen molar-refractivity contribution in [2.45, 2.75) is 12.7 Å². The zero-order valence-corrected chi connectivity index (χ0v) is 17.1. The average molecular weight is 447 g/mol. The topological polar surface area (TPSA) is 65.6 Å². The van der Waals surface area contributed by atoms with Crippen molar-refractivity contribution >= 4 is 11.0 Å². The fourth-order valence-corrected chi connectivity index (χ4v) is 3.61. The number of hydrogen-bond acceptors (Lipinski definition) is 4. The number of hydrogen-bond donors (Lipinski definition) is 0. The monoisotopic (exact) mass is 447 g/mol. The van der Waals surface area contributed by atoms with Crippen LogP contribution in [0.3, 0.4) is 0 Å². The van der Waals surface area contributed by atoms with E-state index < -0.39 is 11.7 Å². The van der Waals surface area contributed by atoms with Crippen LogP contribution in [0.4, 0.5) is 13.2 Å². The summed E-state index contributed by atoms with van der Waals surface area (Å²) in [5, 5.41) is 4.59. The molecule has 5 aromatic rings. The molecule has 0 fully saturated rings. The molecule has 4 aromatic heterocycles. The van der Waals surface area contributed by atoms with E-state index in [0.29, 0.717) is 34.5 Å². The summed E-state index contributed by atoms with van der Waals surface area (Å²) in [6.07, 6.45) is 2.21. The highest BCUT2D eigenvalue weighted by atomic mass is 19.4. The smallest absolute Gasteiger partial charge is 0.311 e. The van der Waals surface area contributed by atoms with Gasteiger partial charge in [-0.2, -0.15) is 18.3 Å². The van der Waals surface area contributed by atoms with Gasteiger partial charge in [-0.25, -0.2) is 4.68 Å². The predicted molar refractivity (Wildman–Crippen MR) is 117 cm³/mol. The molecular weight excluding hydrogens is 431 g/mol. The normalized spacial score (nSPS) is 11.7. The van der Waals surface area contributed by atoms with Crippen molar-refractivity contribution < 1.29 is 13.2 Å². The van der Waals surface area contributed by atoms with Crippen molar-refractivity contribution in [1.82, 2.24) is 24.3 Å². The summed E-state index contributed by atoms with van der Waals surface area (Å²) in [7, 11) is 0. The van der Waals surface area contributed by atoms with E-state index in [9.17, 15) is 18.0 Å². The Morgan fingerprint density at radius 3 is 2.42 bits per heavy atom. The van der Waals surface area contributed by atoms with Crippen LogP contribution >= 0.6 is 0 Å². The summed E-state index contributed by atoms with van der Waals surface area (Å²) in [6.45, 7) is 0.380. The highest BCUT2D eigenvalue weighted by molar-refractivity contribution is 5.90. The van der Waals surface area contributed by atoms with Crippen LogP contribution in [0.5, 0.6) is 0 Å². The fourth-order valence-electron chi connectivity index (χ4n) is 3.61. The molecule has 9 heteroatoms. The first kappa shape index (κ1) is 20.6. The lowest BCUT2D eigenvalue weighted by atomic mass is 10.1. The third kappa shape index (κ3) is 4.00. The van der Waals surface area contributed by atoms with Crippen molar-refractivity contribution in [3.63, 3.8) is 0 Å². The van der Waals surface area contributed by atoms with Crippen LogP contribution in [0.2, 0.25) is 0 Å². The Labute approximate surface area is 185 Å². The summed E-state index contributed by atoms with van der Waals surface area (Å²) < 4.78 is 42.0. The van der Waals surface area contributed by atoms with Crippen LogP contribution < -0.4 is 5.56 Å². The zero-order chi connectivity index (χ0) is 23.0. The van der Waals surface area contributed by atoms with Gasteiger partial charge < -0.3 is 4.57 Å². The van der Waals surface area contributed by atoms with Gasteiger partial charge in [-0.15, -0.1) is 0 Å². The van der Waals surface area contributed by atoms with Crippen LogP contribution in [0.1, 0.15) is 11.1 Å². The van der Waals surface area contributed by atoms with Gasteiger partial charge in [0.15, 0.2) is 0 Å². The summed E-state index contributed by atoms with van der Waals surface area (Å²) in [5.41, 5.74) is 2.55. The van der Waals surface area contributed by atoms with Gasteiger partial charge in [-0.1, -0.05) is 18.2 Å². The van der Waals surface area contributed by atoms with Crippen LogP contribution in [-0.2, 0) is 12.7 Å². The number of fused-ring (bicyclic) bond motifs is 1. The molecule has 1 aromatic carbocycles. The second-order valence-electron chi connectivity index (χ2n) is 7.42. The predicted octanol–water partition coefficient (Wildman–Crippen LogP) is 4.71. The molecule has 0 aliphatic carbocycles. The third-order valence-electron chi connectivity index (χ3n) is 5.22. The number of halogens is 3. The molecule has 0 amide bonds. The lowest BCUT2D eigenvalue weighted by Crippen LogP contribution is -2.20. The van der Waals surface area contributed by atoms with Gasteiger partial charge in [0.25, 0.3) is 5.56 Å². The van der Waals surface area contributed by atoms with Crippen LogP contribution in [-0.4, -0.2) is 24.3 Å². The van der Waals surface area contributed by atoms with Gasteiger partial charge in [0.05, 0.1) is 23.3 Å². The maximum atomic E-state index is 12.9. The minimum Gasteiger partial charge on any atom is -0.311 e. The zero-order valence-electron chi connectivity index (χ0n) is 17.1. The number of nitrogens with zero attached hydrogens (tertiary/aromatic N) is 5. The van der Waals surface area contributed by atoms with Gasteiger partial charge in [0.2, 0.25) is 0 Å². The number of alkyl halides is 3. The van der Waals surface area contributed by atoms with Gasteiger partial charge in [0, 0.05) is 36.4 Å². The standard InChI is InChI=1S/C24H16F3N5O/c25-24(26,27)18-7-5-17(6-8-18)22-23-20(4-2-11-29-23)32(30-22)19-9-12-31(21(33)13-19)15-16-3-1-10-28-14-16/h1-14H,15H2. The first-order valence-corrected chi connectivity index (χ1v) is 10.0. The maximum absolute atomic E-state index is 12.9. The minimum absolute atomic E-state index is 0.222. The molecule has 6 nitrogen and oxygen atoms in total. The van der Waals surface area contributed by atoms with E-state index in [1.54, 1.807) is 58.3 Å². The van der Waals surface area contributed by atoms with E-state index in [0.717, 1.165) is 17.7 Å². The Hall–Kier alpha value is -4.27. The lowest BCUT2D eigenvalue weighted by Gasteiger charge is -2.08. The second kappa shape index (κ2) is 8.01. The van der Waals surface area contributed by atoms with Crippen molar-refractivity contribution in [3.05, 3.63) is 107 Å². The largest absolute Gasteiger partial charge is 0.416 e. The lowest BCUT2D eigenvalue weighted by molar-refractivity contribution is -0.137. The van der Waals surface area contributed by atoms with Crippen molar-refractivity contribution in [2.24, 2.45) is 0 Å². The van der Waals surface area contributed by atoms with E-state index in [1.807, 2.05) is 6.07 Å². The van der Waals surface area contributed by atoms with Gasteiger partial charge in [0.1, 0.15) is 11.2 Å². The van der Waals surface area contributed by atoms with E-state index >= 15 is 0 Å². The van der Waals surface area contributed by atoms with Crippen molar-refractivity contribution in [3.8, 4) is 16.9 Å². The molecule has 0 aliphatic rings. The molecule has 4 heterocycles. The maximum Gasteiger partial charge on any atom is 0.416 e. The molecule has 0 aliphatic heterocycles. The van der Waals surface area contributed by atoms with Gasteiger partial charge in [-0.3, -0.25) is 14.8 Å². The van der Waals surface area contributed by atoms with E-state index in [4.69, 9.17) is 0 Å². The summed E-state index contributed by atoms with van der Waals surface area (Å²) in [4.78, 5) is 21.2. The molecule has 5 rings (SSSR count). The summed E-state index contributed by atoms with van der Waals surface area (Å²) in [5.74, 6) is 0. The SMILES string of the molecule is O=c1cc(-n2nc(-c3ccc(C(F)(F)F)cc3)c3ncccc32)ccn1Cc1cccnc1. The Kier molecular flexibility index (Phi) is 5.01. The first-order chi connectivity index (χ1) is 15.9. The molecule has 0 saturated carbocycles. The van der Waals surface area contributed by atoms with Crippen LogP contribution in [0.15, 0.2) is 90.2 Å². The Bertz CT molecular complexity index is 1490. The molecule has 33 heavy (non-hydrogen) atoms. The highest BCUT2D eigenvalue weighted by Crippen LogP contribution is 2.32. The number of pyridine rings is 3. The van der Waals surface area contributed by atoms with E-state index in [1.165, 1.54) is 18.2 Å². The second-order valence-corrected chi connectivity index (χ2v) is 7.42. The molecule has 0 bridgehead atoms. The average Bonchev–Trinajstić information content (AvgIpc) is 3.20. The van der Waals surface area contributed by atoms with Crippen molar-refractivity contribution in [1.29, 1.82) is 0 Å². The molecule has 0 N–H and O–H groups in total. The molecule has 164 valence electrons. The molecule has 0 unspecified atom stereocenters. The Balaban J connectivity index is 1.56.